The number of aromatic carboxylic acids is 2. The van der Waals surface area contributed by atoms with Crippen LogP contribution in [0.1, 0.15) is 38.8 Å². The largest absolute Gasteiger partial charge is 0.478 e. The van der Waals surface area contributed by atoms with E-state index >= 15 is 0 Å². The summed E-state index contributed by atoms with van der Waals surface area (Å²) in [4.78, 5) is 21.8. The van der Waals surface area contributed by atoms with Gasteiger partial charge >= 0.3 is 11.9 Å². The second-order valence-electron chi connectivity index (χ2n) is 3.90. The number of hydrogen-bond donors (Lipinski definition) is 4. The number of benzene rings is 1. The highest BCUT2D eigenvalue weighted by atomic mass is 35.5. The van der Waals surface area contributed by atoms with Crippen LogP contribution in [0.15, 0.2) is 18.2 Å². The monoisotopic (exact) mass is 288 g/mol. The molecule has 6 nitrogen and oxygen atoms in total. The van der Waals surface area contributed by atoms with Crippen molar-refractivity contribution in [3.63, 3.8) is 0 Å². The molecule has 0 aliphatic heterocycles. The van der Waals surface area contributed by atoms with Crippen LogP contribution >= 0.6 is 11.6 Å². The number of rotatable bonds is 6. The molecule has 0 saturated heterocycles. The van der Waals surface area contributed by atoms with Crippen LogP contribution in [-0.4, -0.2) is 44.3 Å². The van der Waals surface area contributed by atoms with Crippen molar-refractivity contribution < 1.29 is 30.0 Å². The summed E-state index contributed by atoms with van der Waals surface area (Å²) in [5, 5.41) is 37.3. The highest BCUT2D eigenvalue weighted by Gasteiger charge is 2.24. The molecule has 19 heavy (non-hydrogen) atoms. The van der Waals surface area contributed by atoms with Gasteiger partial charge in [-0.05, 0) is 24.1 Å². The zero-order valence-corrected chi connectivity index (χ0v) is 10.5. The van der Waals surface area contributed by atoms with Gasteiger partial charge in [-0.3, -0.25) is 0 Å². The van der Waals surface area contributed by atoms with Crippen molar-refractivity contribution in [1.82, 2.24) is 0 Å². The molecule has 0 heterocycles. The lowest BCUT2D eigenvalue weighted by Crippen LogP contribution is -2.21. The molecule has 0 spiro atoms. The number of halogens is 1. The van der Waals surface area contributed by atoms with Crippen molar-refractivity contribution in [2.45, 2.75) is 18.6 Å². The SMILES string of the molecule is O=C(O)c1ccc(C(O)C(O)CCCl)c(C(=O)O)c1. The van der Waals surface area contributed by atoms with Crippen LogP contribution in [0.5, 0.6) is 0 Å². The van der Waals surface area contributed by atoms with E-state index in [0.717, 1.165) is 6.07 Å². The number of aliphatic hydroxyl groups is 2. The minimum absolute atomic E-state index is 0.0462. The molecule has 0 saturated carbocycles. The second kappa shape index (κ2) is 6.51. The maximum atomic E-state index is 11.1. The molecule has 0 bridgehead atoms. The van der Waals surface area contributed by atoms with Gasteiger partial charge < -0.3 is 20.4 Å². The molecule has 0 amide bonds. The van der Waals surface area contributed by atoms with Gasteiger partial charge in [0.25, 0.3) is 0 Å². The number of carboxylic acids is 2. The van der Waals surface area contributed by atoms with Gasteiger partial charge in [0.05, 0.1) is 17.2 Å². The predicted molar refractivity (Wildman–Crippen MR) is 66.7 cm³/mol. The van der Waals surface area contributed by atoms with E-state index in [2.05, 4.69) is 0 Å². The summed E-state index contributed by atoms with van der Waals surface area (Å²) in [6, 6.07) is 3.28. The third-order valence-corrected chi connectivity index (χ3v) is 2.84. The molecule has 104 valence electrons. The average Bonchev–Trinajstić information content (AvgIpc) is 2.37. The molecule has 1 aromatic rings. The molecule has 2 atom stereocenters. The summed E-state index contributed by atoms with van der Waals surface area (Å²) in [5.41, 5.74) is -0.615. The molecule has 0 aliphatic rings. The maximum Gasteiger partial charge on any atom is 0.336 e. The third kappa shape index (κ3) is 3.66. The fourth-order valence-corrected chi connectivity index (χ4v) is 1.83. The van der Waals surface area contributed by atoms with Crippen LogP contribution in [0.4, 0.5) is 0 Å². The molecule has 2 unspecified atom stereocenters. The Morgan fingerprint density at radius 2 is 1.79 bits per heavy atom. The summed E-state index contributed by atoms with van der Waals surface area (Å²) < 4.78 is 0. The fourth-order valence-electron chi connectivity index (χ4n) is 1.61. The van der Waals surface area contributed by atoms with E-state index in [0.29, 0.717) is 0 Å². The van der Waals surface area contributed by atoms with E-state index in [1.807, 2.05) is 0 Å². The maximum absolute atomic E-state index is 11.1. The zero-order chi connectivity index (χ0) is 14.6. The van der Waals surface area contributed by atoms with Crippen molar-refractivity contribution in [2.24, 2.45) is 0 Å². The lowest BCUT2D eigenvalue weighted by molar-refractivity contribution is 0.0160. The lowest BCUT2D eigenvalue weighted by Gasteiger charge is -2.19. The Balaban J connectivity index is 3.20. The van der Waals surface area contributed by atoms with Gasteiger partial charge in [0.15, 0.2) is 0 Å². The molecule has 1 aromatic carbocycles. The number of carbonyl (C=O) groups is 2. The Bertz CT molecular complexity index is 487. The van der Waals surface area contributed by atoms with Crippen LogP contribution < -0.4 is 0 Å². The van der Waals surface area contributed by atoms with Crippen LogP contribution in [0.25, 0.3) is 0 Å². The first-order chi connectivity index (χ1) is 8.88. The van der Waals surface area contributed by atoms with Crippen LogP contribution in [0, 0.1) is 0 Å². The summed E-state index contributed by atoms with van der Waals surface area (Å²) in [6.07, 6.45) is -2.57. The number of carboxylic acid groups (broad SMARTS) is 2. The Morgan fingerprint density at radius 3 is 2.26 bits per heavy atom. The second-order valence-corrected chi connectivity index (χ2v) is 4.28. The molecule has 0 fully saturated rings. The molecule has 7 heteroatoms. The van der Waals surface area contributed by atoms with Gasteiger partial charge in [0.2, 0.25) is 0 Å². The van der Waals surface area contributed by atoms with Gasteiger partial charge in [0.1, 0.15) is 6.10 Å². The van der Waals surface area contributed by atoms with Gasteiger partial charge in [-0.25, -0.2) is 9.59 Å². The van der Waals surface area contributed by atoms with Crippen LogP contribution in [0.3, 0.4) is 0 Å². The first kappa shape index (κ1) is 15.4. The zero-order valence-electron chi connectivity index (χ0n) is 9.78. The first-order valence-corrected chi connectivity index (χ1v) is 5.94. The highest BCUT2D eigenvalue weighted by molar-refractivity contribution is 6.17. The van der Waals surface area contributed by atoms with Crippen LogP contribution in [0.2, 0.25) is 0 Å². The summed E-state index contributed by atoms with van der Waals surface area (Å²) in [6.45, 7) is 0. The smallest absolute Gasteiger partial charge is 0.336 e. The molecule has 1 rings (SSSR count). The van der Waals surface area contributed by atoms with Crippen molar-refractivity contribution in [3.8, 4) is 0 Å². The van der Waals surface area contributed by atoms with Crippen molar-refractivity contribution >= 4 is 23.5 Å². The van der Waals surface area contributed by atoms with E-state index in [1.165, 1.54) is 12.1 Å². The van der Waals surface area contributed by atoms with Crippen molar-refractivity contribution in [3.05, 3.63) is 34.9 Å². The van der Waals surface area contributed by atoms with Gasteiger partial charge in [-0.2, -0.15) is 0 Å². The summed E-state index contributed by atoms with van der Waals surface area (Å²) >= 11 is 5.43. The molecule has 0 aliphatic carbocycles. The van der Waals surface area contributed by atoms with E-state index in [-0.39, 0.29) is 29.0 Å². The third-order valence-electron chi connectivity index (χ3n) is 2.62. The van der Waals surface area contributed by atoms with E-state index in [1.54, 1.807) is 0 Å². The van der Waals surface area contributed by atoms with Gasteiger partial charge in [0, 0.05) is 5.88 Å². The van der Waals surface area contributed by atoms with E-state index in [9.17, 15) is 19.8 Å². The quantitative estimate of drug-likeness (QED) is 0.583. The van der Waals surface area contributed by atoms with Crippen LogP contribution in [-0.2, 0) is 0 Å². The number of aliphatic hydroxyl groups excluding tert-OH is 2. The summed E-state index contributed by atoms with van der Waals surface area (Å²) in [7, 11) is 0. The Hall–Kier alpha value is -1.63. The molecule has 0 aromatic heterocycles. The minimum Gasteiger partial charge on any atom is -0.478 e. The topological polar surface area (TPSA) is 115 Å². The number of alkyl halides is 1. The average molecular weight is 289 g/mol. The standard InChI is InChI=1S/C12H13ClO6/c13-4-3-9(14)10(15)7-2-1-6(11(16)17)5-8(7)12(18)19/h1-2,5,9-10,14-15H,3-4H2,(H,16,17)(H,18,19). The normalized spacial score (nSPS) is 13.8. The van der Waals surface area contributed by atoms with Gasteiger partial charge in [-0.15, -0.1) is 11.6 Å². The Labute approximate surface area is 113 Å². The molecule has 0 radical (unpaired) electrons. The van der Waals surface area contributed by atoms with Gasteiger partial charge in [-0.1, -0.05) is 6.07 Å². The molecule has 4 N–H and O–H groups in total. The molecular formula is C12H13ClO6. The fraction of sp³-hybridized carbons (Fsp3) is 0.333. The highest BCUT2D eigenvalue weighted by Crippen LogP contribution is 2.24. The van der Waals surface area contributed by atoms with E-state index in [4.69, 9.17) is 21.8 Å². The Morgan fingerprint density at radius 1 is 1.16 bits per heavy atom. The summed E-state index contributed by atoms with van der Waals surface area (Å²) in [5.74, 6) is -2.55. The number of hydrogen-bond acceptors (Lipinski definition) is 4. The minimum atomic E-state index is -1.44. The first-order valence-electron chi connectivity index (χ1n) is 5.41. The van der Waals surface area contributed by atoms with E-state index < -0.39 is 24.1 Å². The lowest BCUT2D eigenvalue weighted by atomic mass is 9.95. The van der Waals surface area contributed by atoms with Crippen molar-refractivity contribution in [2.75, 3.05) is 5.88 Å². The molecular weight excluding hydrogens is 276 g/mol. The predicted octanol–water partition coefficient (Wildman–Crippen LogP) is 1.11. The Kier molecular flexibility index (Phi) is 5.29. The van der Waals surface area contributed by atoms with Crippen molar-refractivity contribution in [1.29, 1.82) is 0 Å².